The van der Waals surface area contributed by atoms with Crippen LogP contribution in [0.2, 0.25) is 0 Å². The maximum atomic E-state index is 13.2. The smallest absolute Gasteiger partial charge is 0.143 e. The highest BCUT2D eigenvalue weighted by Gasteiger charge is 2.14. The molecule has 0 radical (unpaired) electrons. The summed E-state index contributed by atoms with van der Waals surface area (Å²) >= 11 is 0. The van der Waals surface area contributed by atoms with Gasteiger partial charge in [-0.05, 0) is 29.8 Å². The van der Waals surface area contributed by atoms with Crippen LogP contribution < -0.4 is 15.0 Å². The number of nitrogens with one attached hydrogen (secondary N) is 1. The molecule has 1 aliphatic heterocycles. The molecule has 1 fully saturated rings. The van der Waals surface area contributed by atoms with Crippen molar-refractivity contribution in [2.24, 2.45) is 0 Å². The second kappa shape index (κ2) is 6.59. The average Bonchev–Trinajstić information content (AvgIpc) is 2.54. The topological polar surface area (TPSA) is 24.5 Å². The fourth-order valence-electron chi connectivity index (χ4n) is 2.53. The minimum atomic E-state index is -0.230. The first kappa shape index (κ1) is 13.9. The number of piperazine rings is 1. The molecule has 0 amide bonds. The predicted molar refractivity (Wildman–Crippen MR) is 82.3 cm³/mol. The molecule has 3 rings (SSSR count). The van der Waals surface area contributed by atoms with Crippen molar-refractivity contribution in [3.05, 3.63) is 59.9 Å². The van der Waals surface area contributed by atoms with Gasteiger partial charge in [0.15, 0.2) is 0 Å². The summed E-state index contributed by atoms with van der Waals surface area (Å²) in [6.07, 6.45) is 0. The molecule has 2 aromatic rings. The molecule has 0 atom stereocenters. The SMILES string of the molecule is Fc1cccc(COc2ccccc2N2CCNCC2)c1. The second-order valence-electron chi connectivity index (χ2n) is 5.12. The Morgan fingerprint density at radius 1 is 1.05 bits per heavy atom. The lowest BCUT2D eigenvalue weighted by Crippen LogP contribution is -2.43. The zero-order chi connectivity index (χ0) is 14.5. The normalized spacial score (nSPS) is 15.0. The standard InChI is InChI=1S/C17H19FN2O/c18-15-5-3-4-14(12-15)13-21-17-7-2-1-6-16(17)20-10-8-19-9-11-20/h1-7,12,19H,8-11,13H2. The van der Waals surface area contributed by atoms with E-state index in [1.165, 1.54) is 12.1 Å². The zero-order valence-corrected chi connectivity index (χ0v) is 11.9. The first-order valence-corrected chi connectivity index (χ1v) is 7.25. The molecular weight excluding hydrogens is 267 g/mol. The fourth-order valence-corrected chi connectivity index (χ4v) is 2.53. The van der Waals surface area contributed by atoms with Gasteiger partial charge in [-0.15, -0.1) is 0 Å². The van der Waals surface area contributed by atoms with Gasteiger partial charge in [-0.3, -0.25) is 0 Å². The van der Waals surface area contributed by atoms with Gasteiger partial charge in [-0.2, -0.15) is 0 Å². The lowest BCUT2D eigenvalue weighted by Gasteiger charge is -2.30. The molecule has 0 aromatic heterocycles. The summed E-state index contributed by atoms with van der Waals surface area (Å²) in [6, 6.07) is 14.6. The van der Waals surface area contributed by atoms with Crippen molar-refractivity contribution in [3.8, 4) is 5.75 Å². The van der Waals surface area contributed by atoms with Gasteiger partial charge >= 0.3 is 0 Å². The molecular formula is C17H19FN2O. The van der Waals surface area contributed by atoms with E-state index < -0.39 is 0 Å². The second-order valence-corrected chi connectivity index (χ2v) is 5.12. The molecule has 1 N–H and O–H groups in total. The van der Waals surface area contributed by atoms with Crippen LogP contribution in [0.3, 0.4) is 0 Å². The monoisotopic (exact) mass is 286 g/mol. The van der Waals surface area contributed by atoms with E-state index in [0.717, 1.165) is 43.2 Å². The maximum absolute atomic E-state index is 13.2. The third-order valence-corrected chi connectivity index (χ3v) is 3.61. The molecule has 0 unspecified atom stereocenters. The number of hydrogen-bond acceptors (Lipinski definition) is 3. The van der Waals surface area contributed by atoms with E-state index >= 15 is 0 Å². The summed E-state index contributed by atoms with van der Waals surface area (Å²) in [5, 5.41) is 3.34. The number of hydrogen-bond donors (Lipinski definition) is 1. The first-order valence-electron chi connectivity index (χ1n) is 7.25. The van der Waals surface area contributed by atoms with E-state index in [4.69, 9.17) is 4.74 Å². The zero-order valence-electron chi connectivity index (χ0n) is 11.9. The Bertz CT molecular complexity index is 597. The molecule has 1 aliphatic rings. The maximum Gasteiger partial charge on any atom is 0.143 e. The van der Waals surface area contributed by atoms with Gasteiger partial charge < -0.3 is 15.0 Å². The number of rotatable bonds is 4. The Balaban J connectivity index is 1.73. The summed E-state index contributed by atoms with van der Waals surface area (Å²) in [7, 11) is 0. The van der Waals surface area contributed by atoms with E-state index in [1.807, 2.05) is 24.3 Å². The summed E-state index contributed by atoms with van der Waals surface area (Å²) in [5.74, 6) is 0.621. The molecule has 1 heterocycles. The van der Waals surface area contributed by atoms with E-state index in [-0.39, 0.29) is 5.82 Å². The van der Waals surface area contributed by atoms with Crippen LogP contribution in [0.4, 0.5) is 10.1 Å². The van der Waals surface area contributed by atoms with Crippen molar-refractivity contribution < 1.29 is 9.13 Å². The van der Waals surface area contributed by atoms with Gasteiger partial charge in [0.2, 0.25) is 0 Å². The number of ether oxygens (including phenoxy) is 1. The summed E-state index contributed by atoms with van der Waals surface area (Å²) in [4.78, 5) is 2.32. The highest BCUT2D eigenvalue weighted by Crippen LogP contribution is 2.28. The summed E-state index contributed by atoms with van der Waals surface area (Å²) < 4.78 is 19.1. The number of para-hydroxylation sites is 2. The Kier molecular flexibility index (Phi) is 4.36. The van der Waals surface area contributed by atoms with E-state index in [1.54, 1.807) is 6.07 Å². The van der Waals surface area contributed by atoms with Crippen molar-refractivity contribution in [1.82, 2.24) is 5.32 Å². The van der Waals surface area contributed by atoms with Gasteiger partial charge in [0.05, 0.1) is 5.69 Å². The molecule has 3 nitrogen and oxygen atoms in total. The largest absolute Gasteiger partial charge is 0.487 e. The highest BCUT2D eigenvalue weighted by atomic mass is 19.1. The average molecular weight is 286 g/mol. The van der Waals surface area contributed by atoms with Crippen molar-refractivity contribution in [3.63, 3.8) is 0 Å². The third kappa shape index (κ3) is 3.52. The van der Waals surface area contributed by atoms with Crippen molar-refractivity contribution in [2.75, 3.05) is 31.1 Å². The van der Waals surface area contributed by atoms with Crippen LogP contribution in [0.1, 0.15) is 5.56 Å². The molecule has 4 heteroatoms. The third-order valence-electron chi connectivity index (χ3n) is 3.61. The molecule has 0 bridgehead atoms. The highest BCUT2D eigenvalue weighted by molar-refractivity contribution is 5.58. The fraction of sp³-hybridized carbons (Fsp3) is 0.294. The molecule has 0 aliphatic carbocycles. The van der Waals surface area contributed by atoms with Gasteiger partial charge in [0.1, 0.15) is 18.2 Å². The van der Waals surface area contributed by atoms with Crippen LogP contribution in [0, 0.1) is 5.82 Å². The minimum Gasteiger partial charge on any atom is -0.487 e. The number of nitrogens with zero attached hydrogens (tertiary/aromatic N) is 1. The van der Waals surface area contributed by atoms with Crippen molar-refractivity contribution >= 4 is 5.69 Å². The lowest BCUT2D eigenvalue weighted by molar-refractivity contribution is 0.305. The minimum absolute atomic E-state index is 0.230. The molecule has 2 aromatic carbocycles. The van der Waals surface area contributed by atoms with Gasteiger partial charge in [0.25, 0.3) is 0 Å². The van der Waals surface area contributed by atoms with Crippen LogP contribution in [0.5, 0.6) is 5.75 Å². The van der Waals surface area contributed by atoms with Gasteiger partial charge in [-0.25, -0.2) is 4.39 Å². The Hall–Kier alpha value is -2.07. The van der Waals surface area contributed by atoms with Crippen LogP contribution in [-0.4, -0.2) is 26.2 Å². The number of benzene rings is 2. The van der Waals surface area contributed by atoms with Gasteiger partial charge in [0, 0.05) is 26.2 Å². The van der Waals surface area contributed by atoms with Crippen LogP contribution in [-0.2, 0) is 6.61 Å². The quantitative estimate of drug-likeness (QED) is 0.935. The number of anilines is 1. The van der Waals surface area contributed by atoms with E-state index in [9.17, 15) is 4.39 Å². The lowest BCUT2D eigenvalue weighted by atomic mass is 10.2. The molecule has 0 spiro atoms. The Morgan fingerprint density at radius 3 is 2.67 bits per heavy atom. The Labute approximate surface area is 124 Å². The van der Waals surface area contributed by atoms with Gasteiger partial charge in [-0.1, -0.05) is 24.3 Å². The van der Waals surface area contributed by atoms with Crippen LogP contribution in [0.25, 0.3) is 0 Å². The Morgan fingerprint density at radius 2 is 1.86 bits per heavy atom. The molecule has 1 saturated heterocycles. The molecule has 21 heavy (non-hydrogen) atoms. The predicted octanol–water partition coefficient (Wildman–Crippen LogP) is 2.81. The van der Waals surface area contributed by atoms with E-state index in [0.29, 0.717) is 6.61 Å². The number of halogens is 1. The first-order chi connectivity index (χ1) is 10.3. The van der Waals surface area contributed by atoms with Crippen molar-refractivity contribution in [2.45, 2.75) is 6.61 Å². The molecule has 0 saturated carbocycles. The van der Waals surface area contributed by atoms with Crippen molar-refractivity contribution in [1.29, 1.82) is 0 Å². The summed E-state index contributed by atoms with van der Waals surface area (Å²) in [5.41, 5.74) is 1.94. The van der Waals surface area contributed by atoms with Crippen LogP contribution >= 0.6 is 0 Å². The molecule has 110 valence electrons. The summed E-state index contributed by atoms with van der Waals surface area (Å²) in [6.45, 7) is 4.29. The van der Waals surface area contributed by atoms with Crippen LogP contribution in [0.15, 0.2) is 48.5 Å². The van der Waals surface area contributed by atoms with E-state index in [2.05, 4.69) is 16.3 Å².